The lowest BCUT2D eigenvalue weighted by atomic mass is 10.0. The number of benzene rings is 6. The third-order valence-corrected chi connectivity index (χ3v) is 14.1. The second-order valence-corrected chi connectivity index (χ2v) is 19.1. The van der Waals surface area contributed by atoms with E-state index in [1.165, 1.54) is 72.8 Å². The lowest BCUT2D eigenvalue weighted by Crippen LogP contribution is -2.02. The molecule has 0 N–H and O–H groups in total. The zero-order valence-electron chi connectivity index (χ0n) is 38.3. The van der Waals surface area contributed by atoms with Gasteiger partial charge in [-0.1, -0.05) is 172 Å². The Hall–Kier alpha value is -5.64. The maximum atomic E-state index is 11.3. The molecule has 6 aromatic carbocycles. The molecule has 65 heavy (non-hydrogen) atoms. The first-order valence-corrected chi connectivity index (χ1v) is 25.3. The standard InChI is InChI=1S/C60H67O4P/c1-4-40-62-42-10-7-13-48-16-28-54(29-17-48)57-34-22-51(23-35-57)45-65(46-52-24-36-58(37-25-52)55-30-18-49(19-31-55)14-8-11-43-63-41-5-2)47-53-26-38-59(39-27-53)56-32-20-50(21-33-56)15-9-12-44-64-60(61)6-3/h4-6,16-39H,1-3,7-15,40-47H2. The van der Waals surface area contributed by atoms with Gasteiger partial charge < -0.3 is 14.2 Å². The summed E-state index contributed by atoms with van der Waals surface area (Å²) in [5.74, 6) is -0.356. The van der Waals surface area contributed by atoms with Crippen LogP contribution in [0.1, 0.15) is 71.9 Å². The van der Waals surface area contributed by atoms with E-state index in [1.807, 2.05) is 0 Å². The quantitative estimate of drug-likeness (QED) is 0.0155. The van der Waals surface area contributed by atoms with Gasteiger partial charge in [-0.3, -0.25) is 0 Å². The molecule has 4 nitrogen and oxygen atoms in total. The molecule has 0 aromatic heterocycles. The van der Waals surface area contributed by atoms with Crippen LogP contribution >= 0.6 is 7.92 Å². The maximum Gasteiger partial charge on any atom is 0.330 e. The number of aryl methyl sites for hydroxylation is 3. The summed E-state index contributed by atoms with van der Waals surface area (Å²) >= 11 is 0. The van der Waals surface area contributed by atoms with Gasteiger partial charge in [-0.2, -0.15) is 0 Å². The molecule has 0 atom stereocenters. The van der Waals surface area contributed by atoms with Gasteiger partial charge in [-0.15, -0.1) is 13.2 Å². The molecule has 0 fully saturated rings. The number of esters is 1. The Morgan fingerprint density at radius 3 is 0.938 bits per heavy atom. The number of carbonyl (C=O) groups is 1. The first kappa shape index (κ1) is 48.8. The van der Waals surface area contributed by atoms with Crippen molar-refractivity contribution in [3.05, 3.63) is 217 Å². The lowest BCUT2D eigenvalue weighted by Gasteiger charge is -2.19. The summed E-state index contributed by atoms with van der Waals surface area (Å²) < 4.78 is 16.2. The minimum atomic E-state index is -0.391. The van der Waals surface area contributed by atoms with Gasteiger partial charge in [0.2, 0.25) is 0 Å². The van der Waals surface area contributed by atoms with Gasteiger partial charge in [0.05, 0.1) is 19.8 Å². The van der Waals surface area contributed by atoms with Gasteiger partial charge in [0.1, 0.15) is 0 Å². The normalized spacial score (nSPS) is 11.1. The van der Waals surface area contributed by atoms with Gasteiger partial charge in [0.15, 0.2) is 0 Å². The predicted molar refractivity (Wildman–Crippen MR) is 276 cm³/mol. The molecular weight excluding hydrogens is 816 g/mol. The highest BCUT2D eigenvalue weighted by atomic mass is 31.1. The number of rotatable bonds is 29. The number of unbranched alkanes of at least 4 members (excludes halogenated alkanes) is 3. The molecule has 0 radical (unpaired) electrons. The van der Waals surface area contributed by atoms with Crippen LogP contribution in [0.2, 0.25) is 0 Å². The van der Waals surface area contributed by atoms with Crippen molar-refractivity contribution in [2.75, 3.05) is 33.0 Å². The number of carbonyl (C=O) groups excluding carboxylic acids is 1. The first-order valence-electron chi connectivity index (χ1n) is 23.4. The van der Waals surface area contributed by atoms with E-state index < -0.39 is 7.92 Å². The minimum absolute atomic E-state index is 0.356. The van der Waals surface area contributed by atoms with Gasteiger partial charge in [0, 0.05) is 19.3 Å². The Morgan fingerprint density at radius 1 is 0.385 bits per heavy atom. The summed E-state index contributed by atoms with van der Waals surface area (Å²) in [6.45, 7) is 14.2. The molecule has 0 aliphatic rings. The topological polar surface area (TPSA) is 44.8 Å². The van der Waals surface area contributed by atoms with Crippen LogP contribution in [0.4, 0.5) is 0 Å². The maximum absolute atomic E-state index is 11.3. The van der Waals surface area contributed by atoms with E-state index in [9.17, 15) is 4.79 Å². The lowest BCUT2D eigenvalue weighted by molar-refractivity contribution is -0.137. The molecule has 6 aromatic rings. The van der Waals surface area contributed by atoms with Crippen molar-refractivity contribution in [2.24, 2.45) is 0 Å². The number of hydrogen-bond acceptors (Lipinski definition) is 4. The van der Waals surface area contributed by atoms with Crippen molar-refractivity contribution in [1.82, 2.24) is 0 Å². The molecule has 0 saturated heterocycles. The van der Waals surface area contributed by atoms with Crippen LogP contribution in [0.15, 0.2) is 184 Å². The zero-order chi connectivity index (χ0) is 45.3. The van der Waals surface area contributed by atoms with Crippen LogP contribution in [0.25, 0.3) is 33.4 Å². The first-order chi connectivity index (χ1) is 32.0. The monoisotopic (exact) mass is 882 g/mol. The number of ether oxygens (including phenoxy) is 3. The van der Waals surface area contributed by atoms with Crippen LogP contribution in [0.3, 0.4) is 0 Å². The Labute approximate surface area is 390 Å². The van der Waals surface area contributed by atoms with Crippen LogP contribution in [0, 0.1) is 0 Å². The second-order valence-electron chi connectivity index (χ2n) is 16.8. The Balaban J connectivity index is 1.09. The zero-order valence-corrected chi connectivity index (χ0v) is 39.2. The van der Waals surface area contributed by atoms with Crippen LogP contribution < -0.4 is 0 Å². The van der Waals surface area contributed by atoms with Crippen molar-refractivity contribution < 1.29 is 19.0 Å². The number of hydrogen-bond donors (Lipinski definition) is 0. The smallest absolute Gasteiger partial charge is 0.330 e. The summed E-state index contributed by atoms with van der Waals surface area (Å²) in [5.41, 5.74) is 15.7. The third-order valence-electron chi connectivity index (χ3n) is 11.7. The molecule has 6 rings (SSSR count). The fourth-order valence-corrected chi connectivity index (χ4v) is 10.5. The summed E-state index contributed by atoms with van der Waals surface area (Å²) in [6, 6.07) is 54.8. The van der Waals surface area contributed by atoms with Crippen molar-refractivity contribution >= 4 is 13.9 Å². The Bertz CT molecular complexity index is 2200. The van der Waals surface area contributed by atoms with E-state index in [0.29, 0.717) is 19.8 Å². The van der Waals surface area contributed by atoms with Crippen molar-refractivity contribution in [3.8, 4) is 33.4 Å². The summed E-state index contributed by atoms with van der Waals surface area (Å²) in [4.78, 5) is 11.3. The van der Waals surface area contributed by atoms with Gasteiger partial charge in [-0.05, 0) is 143 Å². The Kier molecular flexibility index (Phi) is 20.7. The van der Waals surface area contributed by atoms with E-state index in [4.69, 9.17) is 14.2 Å². The van der Waals surface area contributed by atoms with Crippen LogP contribution in [0.5, 0.6) is 0 Å². The highest BCUT2D eigenvalue weighted by Crippen LogP contribution is 2.47. The molecule has 0 spiro atoms. The van der Waals surface area contributed by atoms with Crippen LogP contribution in [-0.4, -0.2) is 39.0 Å². The third kappa shape index (κ3) is 17.0. The largest absolute Gasteiger partial charge is 0.463 e. The van der Waals surface area contributed by atoms with E-state index in [1.54, 1.807) is 12.2 Å². The summed E-state index contributed by atoms with van der Waals surface area (Å²) in [6.07, 6.45) is 17.3. The van der Waals surface area contributed by atoms with E-state index in [2.05, 4.69) is 165 Å². The molecule has 0 bridgehead atoms. The molecule has 0 unspecified atom stereocenters. The average Bonchev–Trinajstić information content (AvgIpc) is 3.35. The average molecular weight is 883 g/mol. The molecule has 0 heterocycles. The molecule has 0 amide bonds. The van der Waals surface area contributed by atoms with Crippen molar-refractivity contribution in [1.29, 1.82) is 0 Å². The summed E-state index contributed by atoms with van der Waals surface area (Å²) in [5, 5.41) is 0. The minimum Gasteiger partial charge on any atom is -0.463 e. The molecule has 0 aliphatic carbocycles. The van der Waals surface area contributed by atoms with E-state index >= 15 is 0 Å². The summed E-state index contributed by atoms with van der Waals surface area (Å²) in [7, 11) is -0.391. The second kappa shape index (κ2) is 27.6. The van der Waals surface area contributed by atoms with Gasteiger partial charge >= 0.3 is 5.97 Å². The van der Waals surface area contributed by atoms with E-state index in [0.717, 1.165) is 89.5 Å². The van der Waals surface area contributed by atoms with Crippen molar-refractivity contribution in [2.45, 2.75) is 76.3 Å². The van der Waals surface area contributed by atoms with Crippen molar-refractivity contribution in [3.63, 3.8) is 0 Å². The molecule has 5 heteroatoms. The molecule has 0 aliphatic heterocycles. The SMILES string of the molecule is C=CCOCCCCc1ccc(-c2ccc(CP(Cc3ccc(-c4ccc(CCCCOCC=C)cc4)cc3)Cc3ccc(-c4ccc(CCCCOC(=O)C=C)cc4)cc3)cc2)cc1. The van der Waals surface area contributed by atoms with Crippen LogP contribution in [-0.2, 0) is 56.8 Å². The highest BCUT2D eigenvalue weighted by Gasteiger charge is 2.14. The molecule has 336 valence electrons. The van der Waals surface area contributed by atoms with E-state index in [-0.39, 0.29) is 5.97 Å². The molecule has 0 saturated carbocycles. The highest BCUT2D eigenvalue weighted by molar-refractivity contribution is 7.55. The fourth-order valence-electron chi connectivity index (χ4n) is 8.00. The van der Waals surface area contributed by atoms with Gasteiger partial charge in [-0.25, -0.2) is 4.79 Å². The van der Waals surface area contributed by atoms with Gasteiger partial charge in [0.25, 0.3) is 0 Å². The Morgan fingerprint density at radius 2 is 0.662 bits per heavy atom. The predicted octanol–water partition coefficient (Wildman–Crippen LogP) is 15.2. The molecular formula is C60H67O4P. The fraction of sp³-hybridized carbons (Fsp3) is 0.283.